The summed E-state index contributed by atoms with van der Waals surface area (Å²) >= 11 is 5.74. The number of ether oxygens (including phenoxy) is 1. The van der Waals surface area contributed by atoms with E-state index in [1.165, 1.54) is 19.3 Å². The number of rotatable bonds is 4. The first-order valence-corrected chi connectivity index (χ1v) is 5.97. The number of anilines is 1. The predicted octanol–water partition coefficient (Wildman–Crippen LogP) is 2.59. The molecule has 2 rings (SSSR count). The van der Waals surface area contributed by atoms with E-state index in [0.29, 0.717) is 23.9 Å². The molecule has 0 bridgehead atoms. The molecule has 0 unspecified atom stereocenters. The van der Waals surface area contributed by atoms with Gasteiger partial charge in [-0.15, -0.1) is 0 Å². The number of halogens is 1. The zero-order valence-electron chi connectivity index (χ0n) is 9.37. The Labute approximate surface area is 100 Å². The van der Waals surface area contributed by atoms with Gasteiger partial charge in [0.25, 0.3) is 0 Å². The van der Waals surface area contributed by atoms with Crippen LogP contribution in [0.3, 0.4) is 0 Å². The van der Waals surface area contributed by atoms with Gasteiger partial charge in [0, 0.05) is 0 Å². The highest BCUT2D eigenvalue weighted by atomic mass is 35.5. The van der Waals surface area contributed by atoms with Gasteiger partial charge in [0.2, 0.25) is 11.2 Å². The van der Waals surface area contributed by atoms with Crippen LogP contribution in [0.25, 0.3) is 0 Å². The molecule has 1 aliphatic carbocycles. The largest absolute Gasteiger partial charge is 0.476 e. The van der Waals surface area contributed by atoms with Crippen LogP contribution in [0.5, 0.6) is 5.88 Å². The van der Waals surface area contributed by atoms with E-state index in [9.17, 15) is 0 Å². The van der Waals surface area contributed by atoms with Crippen LogP contribution in [-0.2, 0) is 0 Å². The Hall–Kier alpha value is -1.03. The van der Waals surface area contributed by atoms with Gasteiger partial charge in [-0.25, -0.2) is 4.98 Å². The quantitative estimate of drug-likeness (QED) is 0.824. The van der Waals surface area contributed by atoms with Crippen LogP contribution in [0.2, 0.25) is 5.28 Å². The minimum Gasteiger partial charge on any atom is -0.476 e. The van der Waals surface area contributed by atoms with Crippen molar-refractivity contribution < 1.29 is 4.74 Å². The van der Waals surface area contributed by atoms with Crippen LogP contribution in [0.15, 0.2) is 0 Å². The molecule has 1 aromatic heterocycles. The third-order valence-electron chi connectivity index (χ3n) is 3.06. The van der Waals surface area contributed by atoms with E-state index >= 15 is 0 Å². The Bertz CT molecular complexity index is 380. The second kappa shape index (κ2) is 4.87. The molecule has 1 fully saturated rings. The number of nitrogens with zero attached hydrogens (tertiary/aromatic N) is 2. The van der Waals surface area contributed by atoms with Gasteiger partial charge in [-0.1, -0.05) is 19.3 Å². The topological polar surface area (TPSA) is 61.0 Å². The van der Waals surface area contributed by atoms with Crippen LogP contribution in [-0.4, -0.2) is 16.6 Å². The fraction of sp³-hybridized carbons (Fsp3) is 0.636. The molecule has 0 saturated heterocycles. The molecule has 1 heterocycles. The van der Waals surface area contributed by atoms with Crippen molar-refractivity contribution in [3.63, 3.8) is 0 Å². The Morgan fingerprint density at radius 3 is 2.81 bits per heavy atom. The van der Waals surface area contributed by atoms with Crippen LogP contribution >= 0.6 is 11.6 Å². The molecule has 2 N–H and O–H groups in total. The molecule has 0 spiro atoms. The van der Waals surface area contributed by atoms with Gasteiger partial charge in [0.15, 0.2) is 0 Å². The van der Waals surface area contributed by atoms with E-state index in [2.05, 4.69) is 9.97 Å². The average molecular weight is 242 g/mol. The second-order valence-corrected chi connectivity index (χ2v) is 4.57. The van der Waals surface area contributed by atoms with Gasteiger partial charge in [-0.05, 0) is 30.9 Å². The molecular formula is C11H16ClN3O. The molecule has 0 amide bonds. The lowest BCUT2D eigenvalue weighted by Crippen LogP contribution is -2.15. The standard InChI is InChI=1S/C11H16ClN3O/c1-7-9(13)10(15-11(12)14-7)16-6-5-8-3-2-4-8/h8H,2-6,13H2,1H3. The number of hydrogen-bond donors (Lipinski definition) is 1. The Balaban J connectivity index is 1.92. The maximum absolute atomic E-state index is 5.81. The number of nitrogen functional groups attached to an aromatic ring is 1. The maximum Gasteiger partial charge on any atom is 0.241 e. The summed E-state index contributed by atoms with van der Waals surface area (Å²) in [5.74, 6) is 1.23. The highest BCUT2D eigenvalue weighted by Gasteiger charge is 2.17. The molecule has 1 aliphatic rings. The van der Waals surface area contributed by atoms with Crippen LogP contribution in [0.4, 0.5) is 5.69 Å². The molecule has 0 aliphatic heterocycles. The first-order chi connectivity index (χ1) is 7.66. The zero-order valence-corrected chi connectivity index (χ0v) is 10.1. The summed E-state index contributed by atoms with van der Waals surface area (Å²) in [4.78, 5) is 7.94. The van der Waals surface area contributed by atoms with Crippen molar-refractivity contribution >= 4 is 17.3 Å². The Morgan fingerprint density at radius 2 is 2.19 bits per heavy atom. The van der Waals surface area contributed by atoms with E-state index in [0.717, 1.165) is 12.3 Å². The lowest BCUT2D eigenvalue weighted by atomic mass is 9.83. The minimum atomic E-state index is 0.186. The minimum absolute atomic E-state index is 0.186. The third kappa shape index (κ3) is 2.55. The number of nitrogens with two attached hydrogens (primary N) is 1. The second-order valence-electron chi connectivity index (χ2n) is 4.23. The molecule has 0 aromatic carbocycles. The van der Waals surface area contributed by atoms with E-state index in [4.69, 9.17) is 22.1 Å². The third-order valence-corrected chi connectivity index (χ3v) is 3.23. The summed E-state index contributed by atoms with van der Waals surface area (Å²) in [5, 5.41) is 0.186. The molecule has 1 saturated carbocycles. The lowest BCUT2D eigenvalue weighted by molar-refractivity contribution is 0.218. The van der Waals surface area contributed by atoms with Crippen molar-refractivity contribution in [1.29, 1.82) is 0 Å². The summed E-state index contributed by atoms with van der Waals surface area (Å²) in [7, 11) is 0. The van der Waals surface area contributed by atoms with Crippen molar-refractivity contribution in [2.75, 3.05) is 12.3 Å². The van der Waals surface area contributed by atoms with Crippen LogP contribution in [0.1, 0.15) is 31.4 Å². The smallest absolute Gasteiger partial charge is 0.241 e. The summed E-state index contributed by atoms with van der Waals surface area (Å²) < 4.78 is 5.54. The summed E-state index contributed by atoms with van der Waals surface area (Å²) in [6.45, 7) is 2.45. The molecular weight excluding hydrogens is 226 g/mol. The van der Waals surface area contributed by atoms with E-state index in [1.807, 2.05) is 0 Å². The zero-order chi connectivity index (χ0) is 11.5. The molecule has 1 aromatic rings. The first kappa shape index (κ1) is 11.5. The Morgan fingerprint density at radius 1 is 1.44 bits per heavy atom. The highest BCUT2D eigenvalue weighted by molar-refractivity contribution is 6.28. The molecule has 16 heavy (non-hydrogen) atoms. The first-order valence-electron chi connectivity index (χ1n) is 5.59. The fourth-order valence-electron chi connectivity index (χ4n) is 1.74. The molecule has 88 valence electrons. The maximum atomic E-state index is 5.81. The Kier molecular flexibility index (Phi) is 3.49. The molecule has 5 heteroatoms. The summed E-state index contributed by atoms with van der Waals surface area (Å²) in [6.07, 6.45) is 5.07. The van der Waals surface area contributed by atoms with Crippen molar-refractivity contribution in [2.45, 2.75) is 32.6 Å². The summed E-state index contributed by atoms with van der Waals surface area (Å²) in [6, 6.07) is 0. The van der Waals surface area contributed by atoms with Gasteiger partial charge in [0.05, 0.1) is 12.3 Å². The highest BCUT2D eigenvalue weighted by Crippen LogP contribution is 2.30. The van der Waals surface area contributed by atoms with Crippen molar-refractivity contribution in [3.8, 4) is 5.88 Å². The van der Waals surface area contributed by atoms with Gasteiger partial charge >= 0.3 is 0 Å². The molecule has 4 nitrogen and oxygen atoms in total. The van der Waals surface area contributed by atoms with Gasteiger partial charge in [-0.2, -0.15) is 4.98 Å². The number of aryl methyl sites for hydroxylation is 1. The van der Waals surface area contributed by atoms with E-state index in [-0.39, 0.29) is 5.28 Å². The van der Waals surface area contributed by atoms with E-state index < -0.39 is 0 Å². The predicted molar refractivity (Wildman–Crippen MR) is 63.6 cm³/mol. The van der Waals surface area contributed by atoms with Crippen LogP contribution < -0.4 is 10.5 Å². The van der Waals surface area contributed by atoms with Gasteiger partial charge in [-0.3, -0.25) is 0 Å². The number of aromatic nitrogens is 2. The van der Waals surface area contributed by atoms with Gasteiger partial charge < -0.3 is 10.5 Å². The van der Waals surface area contributed by atoms with Crippen molar-refractivity contribution in [3.05, 3.63) is 11.0 Å². The monoisotopic (exact) mass is 241 g/mol. The number of hydrogen-bond acceptors (Lipinski definition) is 4. The van der Waals surface area contributed by atoms with Crippen molar-refractivity contribution in [2.24, 2.45) is 5.92 Å². The lowest BCUT2D eigenvalue weighted by Gasteiger charge is -2.24. The van der Waals surface area contributed by atoms with E-state index in [1.54, 1.807) is 6.92 Å². The SMILES string of the molecule is Cc1nc(Cl)nc(OCCC2CCC2)c1N. The van der Waals surface area contributed by atoms with Crippen molar-refractivity contribution in [1.82, 2.24) is 9.97 Å². The summed E-state index contributed by atoms with van der Waals surface area (Å²) in [5.41, 5.74) is 6.96. The normalized spacial score (nSPS) is 15.9. The fourth-order valence-corrected chi connectivity index (χ4v) is 1.94. The van der Waals surface area contributed by atoms with Crippen LogP contribution in [0, 0.1) is 12.8 Å². The van der Waals surface area contributed by atoms with Gasteiger partial charge in [0.1, 0.15) is 5.69 Å². The molecule has 0 atom stereocenters. The molecule has 0 radical (unpaired) electrons. The average Bonchev–Trinajstić information content (AvgIpc) is 2.16.